The molecule has 7 aromatic heterocycles. The fourth-order valence-corrected chi connectivity index (χ4v) is 18.1. The molecule has 0 bridgehead atoms. The number of nitrogens with zero attached hydrogens (tertiary/aromatic N) is 3. The predicted octanol–water partition coefficient (Wildman–Crippen LogP) is 9.94. The minimum Gasteiger partial charge on any atom is -0.870 e. The van der Waals surface area contributed by atoms with Crippen molar-refractivity contribution in [2.75, 3.05) is 0 Å². The maximum absolute atomic E-state index is 13.6. The summed E-state index contributed by atoms with van der Waals surface area (Å²) in [5, 5.41) is 10.6. The van der Waals surface area contributed by atoms with Gasteiger partial charge < -0.3 is 57.7 Å². The number of hydrogen-bond acceptors (Lipinski definition) is 19. The average Bonchev–Trinajstić information content (AvgIpc) is 1.71. The van der Waals surface area contributed by atoms with Crippen molar-refractivity contribution in [3.8, 4) is 0 Å². The van der Waals surface area contributed by atoms with E-state index in [2.05, 4.69) is 35.0 Å². The third kappa shape index (κ3) is 15.2. The van der Waals surface area contributed by atoms with Gasteiger partial charge in [0.1, 0.15) is 0 Å². The first-order valence-electron chi connectivity index (χ1n) is 39.2. The van der Waals surface area contributed by atoms with Crippen molar-refractivity contribution >= 4 is 176 Å². The van der Waals surface area contributed by atoms with Crippen molar-refractivity contribution in [1.82, 2.24) is 44.6 Å². The van der Waals surface area contributed by atoms with E-state index in [1.54, 1.807) is 54.6 Å². The number of amides is 2. The smallest absolute Gasteiger partial charge is 0.870 e. The van der Waals surface area contributed by atoms with E-state index < -0.39 is 21.4 Å². The second-order valence-corrected chi connectivity index (χ2v) is 33.0. The Hall–Kier alpha value is -13.8. The summed E-state index contributed by atoms with van der Waals surface area (Å²) in [7, 11) is -4.89. The minimum atomic E-state index is -2.44. The molecule has 0 unspecified atom stereocenters. The summed E-state index contributed by atoms with van der Waals surface area (Å²) >= 11 is 0. The first-order chi connectivity index (χ1) is 59.4. The molecule has 25 nitrogen and oxygen atoms in total. The Morgan fingerprint density at radius 1 is 0.291 bits per heavy atom. The summed E-state index contributed by atoms with van der Waals surface area (Å²) in [5.41, 5.74) is 18.1. The van der Waals surface area contributed by atoms with E-state index in [0.717, 1.165) is 72.4 Å². The maximum Gasteiger partial charge on any atom is 1.00 e. The number of aromatic amines is 6. The molecule has 0 radical (unpaired) electrons. The maximum atomic E-state index is 13.6. The molecule has 2 aliphatic carbocycles. The number of rotatable bonds is 6. The largest absolute Gasteiger partial charge is 1.00 e. The number of pyridine rings is 6. The molecule has 13 aromatic carbocycles. The zero-order valence-electron chi connectivity index (χ0n) is 68.2. The summed E-state index contributed by atoms with van der Waals surface area (Å²) < 4.78 is 46.8. The van der Waals surface area contributed by atoms with Crippen LogP contribution >= 0.6 is 0 Å². The van der Waals surface area contributed by atoms with E-state index in [9.17, 15) is 64.8 Å². The van der Waals surface area contributed by atoms with Gasteiger partial charge in [-0.2, -0.15) is 5.10 Å². The molecule has 0 atom stereocenters. The number of carbonyl (C=O) groups is 4. The third-order valence-electron chi connectivity index (χ3n) is 23.4. The number of H-pyrrole nitrogens is 6. The number of carbonyl (C=O) groups excluding carboxylic acids is 4. The second kappa shape index (κ2) is 33.9. The van der Waals surface area contributed by atoms with E-state index in [0.29, 0.717) is 162 Å². The number of nitrogens with one attached hydrogen (secondary N) is 6. The zero-order chi connectivity index (χ0) is 84.8. The van der Waals surface area contributed by atoms with Gasteiger partial charge in [-0.15, -0.1) is 0 Å². The van der Waals surface area contributed by atoms with Gasteiger partial charge in [-0.25, -0.2) is 0 Å². The SMILES string of the molecule is Cc1cc(C)n(Cc2ccc3[nH]c4cc5c(=O)c6ccccc6[nH]c5cc4c(=O)c3c2)n1.Cc1ccc2[nH]c3cc4c(cc3c(=O)c2c1)Cc1ccccc1C4=O.O=C1c2cc(CN3C(=O)c4ccccc4C3=O)ccc2Cc2cc3c(=O)c4ccccc4[nH]c3cc21.O=c1c2ccc([S-](=O)=O)cc2[nH]c2cc3c(=O)c4ccc([S-](=O)=O)cc4[nH]c3cc12.[Na+].[Na+].[OH-].[OH-]. The number of benzene rings is 13. The topological polar surface area (TPSA) is 415 Å². The van der Waals surface area contributed by atoms with Gasteiger partial charge in [0.2, 0.25) is 0 Å². The predicted molar refractivity (Wildman–Crippen MR) is 479 cm³/mol. The summed E-state index contributed by atoms with van der Waals surface area (Å²) in [4.78, 5) is 151. The van der Waals surface area contributed by atoms with Crippen LogP contribution in [0, 0.1) is 20.8 Å². The van der Waals surface area contributed by atoms with Gasteiger partial charge in [0, 0.05) is 126 Å². The van der Waals surface area contributed by atoms with Crippen LogP contribution in [-0.2, 0) is 64.2 Å². The second-order valence-electron chi connectivity index (χ2n) is 31.1. The summed E-state index contributed by atoms with van der Waals surface area (Å²) in [6, 6.07) is 70.6. The van der Waals surface area contributed by atoms with E-state index >= 15 is 0 Å². The summed E-state index contributed by atoms with van der Waals surface area (Å²) in [6.07, 6.45) is 1.20. The third-order valence-corrected chi connectivity index (χ3v) is 24.7. The van der Waals surface area contributed by atoms with Crippen LogP contribution in [-0.4, -0.2) is 78.9 Å². The van der Waals surface area contributed by atoms with Gasteiger partial charge in [0.25, 0.3) is 11.8 Å². The number of para-hydroxylation sites is 2. The molecule has 127 heavy (non-hydrogen) atoms. The minimum absolute atomic E-state index is 0. The molecule has 23 rings (SSSR count). The Bertz CT molecular complexity index is 8660. The van der Waals surface area contributed by atoms with Gasteiger partial charge >= 0.3 is 59.1 Å². The Morgan fingerprint density at radius 2 is 0.638 bits per heavy atom. The van der Waals surface area contributed by atoms with E-state index in [1.165, 1.54) is 53.4 Å². The van der Waals surface area contributed by atoms with Crippen LogP contribution in [0.1, 0.15) is 103 Å². The molecule has 0 fully saturated rings. The summed E-state index contributed by atoms with van der Waals surface area (Å²) in [5.74, 6) is -0.754. The molecule has 614 valence electrons. The molecule has 0 spiro atoms. The van der Waals surface area contributed by atoms with Gasteiger partial charge in [-0.3, -0.25) is 57.5 Å². The van der Waals surface area contributed by atoms with Crippen LogP contribution in [0.25, 0.3) is 131 Å². The Kier molecular flexibility index (Phi) is 23.2. The van der Waals surface area contributed by atoms with Crippen molar-refractivity contribution in [3.05, 3.63) is 388 Å². The normalized spacial score (nSPS) is 12.5. The van der Waals surface area contributed by atoms with Gasteiger partial charge in [-0.1, -0.05) is 137 Å². The number of ketones is 2. The average molecular weight is 1730 g/mol. The van der Waals surface area contributed by atoms with Crippen molar-refractivity contribution in [1.29, 1.82) is 0 Å². The van der Waals surface area contributed by atoms with Crippen LogP contribution < -0.4 is 91.7 Å². The molecule has 0 saturated carbocycles. The van der Waals surface area contributed by atoms with Crippen LogP contribution in [0.3, 0.4) is 0 Å². The molecular weight excluding hydrogens is 1670 g/mol. The van der Waals surface area contributed by atoms with Crippen LogP contribution in [0.2, 0.25) is 0 Å². The number of hydrogen-bond donors (Lipinski definition) is 6. The molecule has 8 heterocycles. The van der Waals surface area contributed by atoms with E-state index in [-0.39, 0.29) is 142 Å². The molecule has 1 aliphatic heterocycles. The fraction of sp³-hybridized carbons (Fsp3) is 0.0714. The molecule has 8 N–H and O–H groups in total. The molecule has 0 saturated heterocycles. The van der Waals surface area contributed by atoms with Gasteiger partial charge in [0.05, 0.1) is 63.0 Å². The Balaban J connectivity index is 0.000000124. The molecular formula is C98H65N9Na2O16S2-2. The standard InChI is InChI=1S/C30H18N2O4.C26H20N4O2.C22H15NO2.C20H10N2O6S2.2Na.2H2O/c33-27-21-7-3-4-8-25(21)31-26-14-23-18(13-24(26)27)12-17-10-9-16(11-22(17)28(23)34)15-32-29(35)19-5-1-2-6-20(19)30(32)36;1-14-9-15(2)30(29-14)13-16-7-8-22-18(10-16)26(32)20-12-23-19(11-24(20)28-22)25(31)17-5-3-4-6-21(17)27-23;1-12-6-7-19-17(8-12)22(25)18-10-14-9-13-4-2-3-5-15(13)21(24)16(14)11-20(18)23-19;23-19-11-3-1-9(29(25)26)5-15(11)21-17-8-14-18(7-13(17)19)22-16-6-10(30(27)28)2-4-12(16)20(14)24;;;;/h1-11,13-14H,12,15H2,(H,31,33);3-12H,13H2,1-2H3,(H,27,31)(H,28,32);2-8,10-11H,9H2,1H3,(H,23,25);1-8H,(H,21,23)(H,22,24);;;2*1H2/q;;;-2;2*+1;;/p-2. The van der Waals surface area contributed by atoms with Crippen molar-refractivity contribution in [2.45, 2.75) is 56.5 Å². The molecule has 20 aromatic rings. The number of aromatic nitrogens is 8. The quantitative estimate of drug-likeness (QED) is 0.0390. The first kappa shape index (κ1) is 86.7. The van der Waals surface area contributed by atoms with Crippen LogP contribution in [0.5, 0.6) is 0 Å². The monoisotopic (exact) mass is 1730 g/mol. The number of aryl methyl sites for hydroxylation is 3. The summed E-state index contributed by atoms with van der Waals surface area (Å²) in [6.45, 7) is 6.67. The number of imide groups is 1. The van der Waals surface area contributed by atoms with Crippen molar-refractivity contribution in [3.63, 3.8) is 0 Å². The first-order valence-corrected chi connectivity index (χ1v) is 41.3. The van der Waals surface area contributed by atoms with Crippen molar-refractivity contribution in [2.24, 2.45) is 0 Å². The van der Waals surface area contributed by atoms with Crippen LogP contribution in [0.15, 0.2) is 281 Å². The van der Waals surface area contributed by atoms with Gasteiger partial charge in [0.15, 0.2) is 44.1 Å². The van der Waals surface area contributed by atoms with E-state index in [1.807, 2.05) is 165 Å². The Morgan fingerprint density at radius 3 is 1.11 bits per heavy atom. The Labute approximate surface area is 763 Å². The zero-order valence-corrected chi connectivity index (χ0v) is 73.8. The fourth-order valence-electron chi connectivity index (χ4n) is 17.3. The van der Waals surface area contributed by atoms with Crippen molar-refractivity contribution < 1.29 is 106 Å². The molecule has 29 heteroatoms. The molecule has 2 amide bonds. The number of fused-ring (bicyclic) bond motifs is 17. The van der Waals surface area contributed by atoms with Gasteiger partial charge in [-0.05, 0) is 210 Å². The molecule has 3 aliphatic rings. The van der Waals surface area contributed by atoms with Crippen LogP contribution in [0.4, 0.5) is 0 Å². The van der Waals surface area contributed by atoms with E-state index in [4.69, 9.17) is 0 Å².